The Morgan fingerprint density at radius 2 is 2.00 bits per heavy atom. The van der Waals surface area contributed by atoms with Crippen LogP contribution in [0.3, 0.4) is 0 Å². The summed E-state index contributed by atoms with van der Waals surface area (Å²) in [4.78, 5) is 0. The van der Waals surface area contributed by atoms with Crippen molar-refractivity contribution in [1.82, 2.24) is 0 Å². The summed E-state index contributed by atoms with van der Waals surface area (Å²) in [7, 11) is 0. The van der Waals surface area contributed by atoms with Gasteiger partial charge in [0, 0.05) is 0 Å². The summed E-state index contributed by atoms with van der Waals surface area (Å²) in [6.07, 6.45) is 0. The normalized spacial score (nSPS) is 7.83. The minimum Gasteiger partial charge on any atom is -0.320 e. The standard InChI is InChI=1S/C9H8FN.ClH/c10-9-6-2-1-4-8(9)5-3-7-11;/h1-2,4,6H,7,11H2;1H. The van der Waals surface area contributed by atoms with Gasteiger partial charge >= 0.3 is 0 Å². The fourth-order valence-corrected chi connectivity index (χ4v) is 0.709. The van der Waals surface area contributed by atoms with E-state index in [1.807, 2.05) is 0 Å². The molecule has 0 radical (unpaired) electrons. The molecule has 0 aromatic heterocycles. The van der Waals surface area contributed by atoms with Gasteiger partial charge in [0.2, 0.25) is 0 Å². The Bertz CT molecular complexity index is 301. The summed E-state index contributed by atoms with van der Waals surface area (Å²) in [5.41, 5.74) is 5.53. The van der Waals surface area contributed by atoms with E-state index in [-0.39, 0.29) is 24.8 Å². The average molecular weight is 186 g/mol. The maximum absolute atomic E-state index is 12.8. The van der Waals surface area contributed by atoms with Gasteiger partial charge in [0.05, 0.1) is 12.1 Å². The molecule has 64 valence electrons. The van der Waals surface area contributed by atoms with Crippen molar-refractivity contribution in [3.8, 4) is 11.8 Å². The second-order valence-electron chi connectivity index (χ2n) is 1.99. The number of hydrogen-bond acceptors (Lipinski definition) is 1. The third-order valence-corrected chi connectivity index (χ3v) is 1.20. The van der Waals surface area contributed by atoms with E-state index in [1.165, 1.54) is 6.07 Å². The van der Waals surface area contributed by atoms with Crippen LogP contribution in [0.4, 0.5) is 4.39 Å². The molecule has 1 aromatic rings. The Morgan fingerprint density at radius 3 is 2.58 bits per heavy atom. The number of nitrogens with two attached hydrogens (primary N) is 1. The zero-order valence-electron chi connectivity index (χ0n) is 6.38. The predicted molar refractivity (Wildman–Crippen MR) is 49.6 cm³/mol. The van der Waals surface area contributed by atoms with Crippen molar-refractivity contribution < 1.29 is 4.39 Å². The molecular formula is C9H9ClFN. The van der Waals surface area contributed by atoms with Crippen molar-refractivity contribution in [2.24, 2.45) is 5.73 Å². The molecule has 0 saturated heterocycles. The van der Waals surface area contributed by atoms with Crippen LogP contribution in [0.25, 0.3) is 0 Å². The van der Waals surface area contributed by atoms with Crippen molar-refractivity contribution in [1.29, 1.82) is 0 Å². The molecule has 0 aliphatic rings. The third kappa shape index (κ3) is 2.91. The second-order valence-corrected chi connectivity index (χ2v) is 1.99. The summed E-state index contributed by atoms with van der Waals surface area (Å²) >= 11 is 0. The fourth-order valence-electron chi connectivity index (χ4n) is 0.709. The van der Waals surface area contributed by atoms with Crippen LogP contribution in [0.15, 0.2) is 24.3 Å². The van der Waals surface area contributed by atoms with Crippen molar-refractivity contribution >= 4 is 12.4 Å². The molecule has 12 heavy (non-hydrogen) atoms. The quantitative estimate of drug-likeness (QED) is 0.610. The van der Waals surface area contributed by atoms with E-state index < -0.39 is 0 Å². The fraction of sp³-hybridized carbons (Fsp3) is 0.111. The zero-order chi connectivity index (χ0) is 8.10. The van der Waals surface area contributed by atoms with Crippen molar-refractivity contribution in [2.75, 3.05) is 6.54 Å². The van der Waals surface area contributed by atoms with Gasteiger partial charge in [0.25, 0.3) is 0 Å². The van der Waals surface area contributed by atoms with Crippen LogP contribution >= 0.6 is 12.4 Å². The highest BCUT2D eigenvalue weighted by atomic mass is 35.5. The molecule has 0 spiro atoms. The van der Waals surface area contributed by atoms with Crippen molar-refractivity contribution in [3.05, 3.63) is 35.6 Å². The zero-order valence-corrected chi connectivity index (χ0v) is 7.20. The van der Waals surface area contributed by atoms with Crippen LogP contribution in [0, 0.1) is 17.7 Å². The molecule has 2 N–H and O–H groups in total. The number of benzene rings is 1. The number of halogens is 2. The highest BCUT2D eigenvalue weighted by Crippen LogP contribution is 2.03. The van der Waals surface area contributed by atoms with Gasteiger partial charge in [-0.05, 0) is 12.1 Å². The van der Waals surface area contributed by atoms with Gasteiger partial charge in [-0.15, -0.1) is 12.4 Å². The summed E-state index contributed by atoms with van der Waals surface area (Å²) in [6, 6.07) is 6.37. The van der Waals surface area contributed by atoms with Gasteiger partial charge in [-0.25, -0.2) is 4.39 Å². The van der Waals surface area contributed by atoms with E-state index in [4.69, 9.17) is 5.73 Å². The minimum atomic E-state index is -0.298. The van der Waals surface area contributed by atoms with Crippen LogP contribution in [0.5, 0.6) is 0 Å². The van der Waals surface area contributed by atoms with Gasteiger partial charge in [0.1, 0.15) is 5.82 Å². The van der Waals surface area contributed by atoms with Crippen LogP contribution in [0.1, 0.15) is 5.56 Å². The van der Waals surface area contributed by atoms with Crippen molar-refractivity contribution in [3.63, 3.8) is 0 Å². The summed E-state index contributed by atoms with van der Waals surface area (Å²) in [5.74, 6) is 4.91. The summed E-state index contributed by atoms with van der Waals surface area (Å²) in [5, 5.41) is 0. The number of rotatable bonds is 0. The molecule has 0 amide bonds. The molecule has 0 aliphatic heterocycles. The maximum atomic E-state index is 12.8. The summed E-state index contributed by atoms with van der Waals surface area (Å²) < 4.78 is 12.8. The van der Waals surface area contributed by atoms with E-state index >= 15 is 0 Å². The van der Waals surface area contributed by atoms with Gasteiger partial charge < -0.3 is 5.73 Å². The second kappa shape index (κ2) is 5.59. The topological polar surface area (TPSA) is 26.0 Å². The van der Waals surface area contributed by atoms with Gasteiger partial charge in [-0.2, -0.15) is 0 Å². The van der Waals surface area contributed by atoms with E-state index in [1.54, 1.807) is 18.2 Å². The first-order valence-electron chi connectivity index (χ1n) is 3.28. The molecule has 0 bridgehead atoms. The average Bonchev–Trinajstić information content (AvgIpc) is 2.03. The molecule has 0 unspecified atom stereocenters. The van der Waals surface area contributed by atoms with Crippen LogP contribution in [-0.2, 0) is 0 Å². The van der Waals surface area contributed by atoms with Crippen LogP contribution in [0.2, 0.25) is 0 Å². The van der Waals surface area contributed by atoms with Gasteiger partial charge in [-0.3, -0.25) is 0 Å². The van der Waals surface area contributed by atoms with E-state index in [2.05, 4.69) is 11.8 Å². The highest BCUT2D eigenvalue weighted by molar-refractivity contribution is 5.85. The number of hydrogen-bond donors (Lipinski definition) is 1. The van der Waals surface area contributed by atoms with Crippen LogP contribution < -0.4 is 5.73 Å². The lowest BCUT2D eigenvalue weighted by atomic mass is 10.2. The van der Waals surface area contributed by atoms with E-state index in [0.717, 1.165) is 0 Å². The van der Waals surface area contributed by atoms with Crippen molar-refractivity contribution in [2.45, 2.75) is 0 Å². The van der Waals surface area contributed by atoms with Gasteiger partial charge in [0.15, 0.2) is 0 Å². The monoisotopic (exact) mass is 185 g/mol. The Balaban J connectivity index is 0.00000121. The third-order valence-electron chi connectivity index (χ3n) is 1.20. The predicted octanol–water partition coefficient (Wildman–Crippen LogP) is 1.56. The molecule has 0 heterocycles. The highest BCUT2D eigenvalue weighted by Gasteiger charge is 1.93. The molecule has 0 fully saturated rings. The molecule has 0 saturated carbocycles. The minimum absolute atomic E-state index is 0. The molecular weight excluding hydrogens is 177 g/mol. The first kappa shape index (κ1) is 11.0. The Morgan fingerprint density at radius 1 is 1.33 bits per heavy atom. The molecule has 0 aliphatic carbocycles. The first-order chi connectivity index (χ1) is 5.34. The maximum Gasteiger partial charge on any atom is 0.138 e. The first-order valence-corrected chi connectivity index (χ1v) is 3.28. The van der Waals surface area contributed by atoms with E-state index in [9.17, 15) is 4.39 Å². The van der Waals surface area contributed by atoms with Crippen LogP contribution in [-0.4, -0.2) is 6.54 Å². The summed E-state index contributed by atoms with van der Waals surface area (Å²) in [6.45, 7) is 0.258. The lowest BCUT2D eigenvalue weighted by Gasteiger charge is -1.90. The molecule has 0 atom stereocenters. The Kier molecular flexibility index (Phi) is 5.11. The lowest BCUT2D eigenvalue weighted by Crippen LogP contribution is -1.93. The van der Waals surface area contributed by atoms with Gasteiger partial charge in [-0.1, -0.05) is 24.0 Å². The molecule has 1 nitrogen and oxygen atoms in total. The Labute approximate surface area is 77.2 Å². The molecule has 3 heteroatoms. The van der Waals surface area contributed by atoms with E-state index in [0.29, 0.717) is 5.56 Å². The lowest BCUT2D eigenvalue weighted by molar-refractivity contribution is 0.624. The Hall–Kier alpha value is -1.04. The largest absolute Gasteiger partial charge is 0.320 e. The molecule has 1 aromatic carbocycles. The smallest absolute Gasteiger partial charge is 0.138 e. The SMILES string of the molecule is Cl.NCC#Cc1ccccc1F. The molecule has 1 rings (SSSR count).